The van der Waals surface area contributed by atoms with Gasteiger partial charge in [-0.2, -0.15) is 0 Å². The second-order valence-electron chi connectivity index (χ2n) is 4.75. The number of carbonyl (C=O) groups is 1. The Morgan fingerprint density at radius 1 is 1.65 bits per heavy atom. The van der Waals surface area contributed by atoms with Crippen LogP contribution in [0.1, 0.15) is 26.2 Å². The maximum absolute atomic E-state index is 11.8. The van der Waals surface area contributed by atoms with Crippen molar-refractivity contribution in [2.45, 2.75) is 43.4 Å². The largest absolute Gasteiger partial charge is 0.465 e. The molecule has 1 aromatic heterocycles. The number of rotatable bonds is 8. The standard InChI is InChI=1S/C12H20N4O3S/c1-3-19-10(17)9(13-8-4-5-8)6-7-20-12-15-14-11(18)16(12)2/h8-9,13H,3-7H2,1-2H3,(H,14,18). The fourth-order valence-electron chi connectivity index (χ4n) is 1.78. The topological polar surface area (TPSA) is 89.0 Å². The third kappa shape index (κ3) is 4.11. The molecule has 1 fully saturated rings. The molecule has 1 atom stereocenters. The Hall–Kier alpha value is -1.28. The second-order valence-corrected chi connectivity index (χ2v) is 5.82. The molecule has 0 aliphatic heterocycles. The molecule has 2 rings (SSSR count). The second kappa shape index (κ2) is 6.94. The maximum atomic E-state index is 11.8. The molecule has 1 aliphatic rings. The molecule has 0 amide bonds. The van der Waals surface area contributed by atoms with E-state index in [1.54, 1.807) is 14.0 Å². The van der Waals surface area contributed by atoms with Crippen LogP contribution in [0.4, 0.5) is 0 Å². The highest BCUT2D eigenvalue weighted by molar-refractivity contribution is 7.99. The SMILES string of the molecule is CCOC(=O)C(CCSc1n[nH]c(=O)n1C)NC1CC1. The van der Waals surface area contributed by atoms with Gasteiger partial charge in [-0.15, -0.1) is 5.10 Å². The van der Waals surface area contributed by atoms with E-state index < -0.39 is 0 Å². The predicted molar refractivity (Wildman–Crippen MR) is 75.7 cm³/mol. The number of ether oxygens (including phenoxy) is 1. The number of hydrogen-bond acceptors (Lipinski definition) is 6. The van der Waals surface area contributed by atoms with Crippen LogP contribution in [0, 0.1) is 0 Å². The molecular formula is C12H20N4O3S. The van der Waals surface area contributed by atoms with Crippen molar-refractivity contribution in [1.29, 1.82) is 0 Å². The van der Waals surface area contributed by atoms with Crippen molar-refractivity contribution in [1.82, 2.24) is 20.1 Å². The molecule has 0 aromatic carbocycles. The summed E-state index contributed by atoms with van der Waals surface area (Å²) in [6.45, 7) is 2.20. The van der Waals surface area contributed by atoms with Crippen molar-refractivity contribution in [3.05, 3.63) is 10.5 Å². The fourth-order valence-corrected chi connectivity index (χ4v) is 2.70. The Balaban J connectivity index is 1.83. The van der Waals surface area contributed by atoms with Gasteiger partial charge in [0.15, 0.2) is 5.16 Å². The van der Waals surface area contributed by atoms with E-state index in [1.807, 2.05) is 0 Å². The van der Waals surface area contributed by atoms with Crippen LogP contribution < -0.4 is 11.0 Å². The average molecular weight is 300 g/mol. The molecule has 1 aromatic rings. The van der Waals surface area contributed by atoms with Crippen molar-refractivity contribution < 1.29 is 9.53 Å². The number of nitrogens with one attached hydrogen (secondary N) is 2. The fraction of sp³-hybridized carbons (Fsp3) is 0.750. The van der Waals surface area contributed by atoms with Gasteiger partial charge < -0.3 is 10.1 Å². The lowest BCUT2D eigenvalue weighted by Crippen LogP contribution is -2.39. The van der Waals surface area contributed by atoms with Gasteiger partial charge in [-0.1, -0.05) is 11.8 Å². The molecular weight excluding hydrogens is 280 g/mol. The van der Waals surface area contributed by atoms with E-state index in [1.165, 1.54) is 16.3 Å². The zero-order valence-corrected chi connectivity index (χ0v) is 12.5. The van der Waals surface area contributed by atoms with Crippen LogP contribution in [0.3, 0.4) is 0 Å². The Morgan fingerprint density at radius 3 is 2.95 bits per heavy atom. The van der Waals surface area contributed by atoms with Gasteiger partial charge in [0.2, 0.25) is 0 Å². The number of carbonyl (C=O) groups excluding carboxylic acids is 1. The Bertz CT molecular complexity index is 509. The van der Waals surface area contributed by atoms with Crippen LogP contribution in [-0.2, 0) is 16.6 Å². The van der Waals surface area contributed by atoms with E-state index in [2.05, 4.69) is 15.5 Å². The maximum Gasteiger partial charge on any atom is 0.343 e. The summed E-state index contributed by atoms with van der Waals surface area (Å²) in [5.74, 6) is 0.498. The highest BCUT2D eigenvalue weighted by Crippen LogP contribution is 2.21. The number of thioether (sulfide) groups is 1. The lowest BCUT2D eigenvalue weighted by molar-refractivity contribution is -0.145. The molecule has 7 nitrogen and oxygen atoms in total. The van der Waals surface area contributed by atoms with E-state index in [-0.39, 0.29) is 17.7 Å². The summed E-state index contributed by atoms with van der Waals surface area (Å²) in [6.07, 6.45) is 2.90. The smallest absolute Gasteiger partial charge is 0.343 e. The molecule has 2 N–H and O–H groups in total. The number of aromatic nitrogens is 3. The van der Waals surface area contributed by atoms with Gasteiger partial charge in [0.25, 0.3) is 0 Å². The van der Waals surface area contributed by atoms with Crippen molar-refractivity contribution >= 4 is 17.7 Å². The number of aromatic amines is 1. The highest BCUT2D eigenvalue weighted by atomic mass is 32.2. The predicted octanol–water partition coefficient (Wildman–Crippen LogP) is 0.274. The number of esters is 1. The van der Waals surface area contributed by atoms with Crippen LogP contribution in [0.15, 0.2) is 9.95 Å². The summed E-state index contributed by atoms with van der Waals surface area (Å²) in [5.41, 5.74) is -0.231. The normalized spacial score (nSPS) is 16.1. The van der Waals surface area contributed by atoms with Gasteiger partial charge in [0, 0.05) is 18.8 Å². The molecule has 0 spiro atoms. The molecule has 8 heteroatoms. The lowest BCUT2D eigenvalue weighted by Gasteiger charge is -2.16. The van der Waals surface area contributed by atoms with Crippen molar-refractivity contribution in [2.75, 3.05) is 12.4 Å². The summed E-state index contributed by atoms with van der Waals surface area (Å²) in [4.78, 5) is 23.1. The van der Waals surface area contributed by atoms with Gasteiger partial charge in [0.05, 0.1) is 6.61 Å². The zero-order chi connectivity index (χ0) is 14.5. The van der Waals surface area contributed by atoms with E-state index >= 15 is 0 Å². The van der Waals surface area contributed by atoms with E-state index in [0.717, 1.165) is 12.8 Å². The first-order chi connectivity index (χ1) is 9.61. The van der Waals surface area contributed by atoms with Gasteiger partial charge in [-0.3, -0.25) is 9.36 Å². The summed E-state index contributed by atoms with van der Waals surface area (Å²) in [7, 11) is 1.67. The molecule has 0 bridgehead atoms. The summed E-state index contributed by atoms with van der Waals surface area (Å²) in [5, 5.41) is 10.2. The summed E-state index contributed by atoms with van der Waals surface area (Å²) in [6, 6.07) is 0.176. The van der Waals surface area contributed by atoms with Crippen LogP contribution in [0.2, 0.25) is 0 Å². The Morgan fingerprint density at radius 2 is 2.40 bits per heavy atom. The summed E-state index contributed by atoms with van der Waals surface area (Å²) >= 11 is 1.45. The minimum Gasteiger partial charge on any atom is -0.465 e. The molecule has 20 heavy (non-hydrogen) atoms. The molecule has 1 aliphatic carbocycles. The van der Waals surface area contributed by atoms with Gasteiger partial charge in [0.1, 0.15) is 6.04 Å². The molecule has 112 valence electrons. The van der Waals surface area contributed by atoms with Crippen molar-refractivity contribution in [3.8, 4) is 0 Å². The molecule has 0 radical (unpaired) electrons. The third-order valence-electron chi connectivity index (χ3n) is 3.06. The van der Waals surface area contributed by atoms with Crippen molar-refractivity contribution in [3.63, 3.8) is 0 Å². The Kier molecular flexibility index (Phi) is 5.24. The first kappa shape index (κ1) is 15.1. The first-order valence-electron chi connectivity index (χ1n) is 6.78. The average Bonchev–Trinajstić information content (AvgIpc) is 3.19. The number of nitrogens with zero attached hydrogens (tertiary/aromatic N) is 2. The lowest BCUT2D eigenvalue weighted by atomic mass is 10.2. The highest BCUT2D eigenvalue weighted by Gasteiger charge is 2.29. The molecule has 1 unspecified atom stereocenters. The number of hydrogen-bond donors (Lipinski definition) is 2. The Labute approximate surface area is 121 Å². The monoisotopic (exact) mass is 300 g/mol. The summed E-state index contributed by atoms with van der Waals surface area (Å²) < 4.78 is 6.53. The molecule has 0 saturated heterocycles. The van der Waals surface area contributed by atoms with E-state index in [4.69, 9.17) is 4.74 Å². The van der Waals surface area contributed by atoms with E-state index in [0.29, 0.717) is 30.0 Å². The molecule has 1 saturated carbocycles. The van der Waals surface area contributed by atoms with Crippen molar-refractivity contribution in [2.24, 2.45) is 7.05 Å². The van der Waals surface area contributed by atoms with Crippen LogP contribution in [0.25, 0.3) is 0 Å². The first-order valence-corrected chi connectivity index (χ1v) is 7.77. The minimum absolute atomic E-state index is 0.198. The minimum atomic E-state index is -0.272. The van der Waals surface area contributed by atoms with Gasteiger partial charge in [-0.25, -0.2) is 9.89 Å². The quantitative estimate of drug-likeness (QED) is 0.529. The van der Waals surface area contributed by atoms with Gasteiger partial charge >= 0.3 is 11.7 Å². The van der Waals surface area contributed by atoms with Crippen LogP contribution in [0.5, 0.6) is 0 Å². The van der Waals surface area contributed by atoms with Gasteiger partial charge in [-0.05, 0) is 26.2 Å². The number of H-pyrrole nitrogens is 1. The van der Waals surface area contributed by atoms with Crippen LogP contribution in [-0.4, -0.2) is 45.2 Å². The molecule has 1 heterocycles. The van der Waals surface area contributed by atoms with E-state index in [9.17, 15) is 9.59 Å². The third-order valence-corrected chi connectivity index (χ3v) is 4.12. The zero-order valence-electron chi connectivity index (χ0n) is 11.7. The van der Waals surface area contributed by atoms with Crippen LogP contribution >= 0.6 is 11.8 Å².